The van der Waals surface area contributed by atoms with Crippen LogP contribution in [-0.2, 0) is 0 Å². The standard InChI is InChI=1S/C21H32N2O3/c1-15-11-18(12-16(2)20(15)26-3)21(25)23-8-4-5-19(13-23)22-9-6-17(14-24)7-10-22/h11-12,17,19,24H,4-10,13-14H2,1-3H3/t19-/m0/s1. The van der Waals surface area contributed by atoms with Gasteiger partial charge < -0.3 is 14.7 Å². The number of ether oxygens (including phenoxy) is 1. The topological polar surface area (TPSA) is 53.0 Å². The summed E-state index contributed by atoms with van der Waals surface area (Å²) in [5, 5.41) is 9.33. The minimum atomic E-state index is 0.133. The Morgan fingerprint density at radius 3 is 2.38 bits per heavy atom. The average molecular weight is 360 g/mol. The summed E-state index contributed by atoms with van der Waals surface area (Å²) in [5.41, 5.74) is 2.78. The van der Waals surface area contributed by atoms with Crippen molar-refractivity contribution >= 4 is 5.91 Å². The second-order valence-electron chi connectivity index (χ2n) is 7.85. The van der Waals surface area contributed by atoms with E-state index in [4.69, 9.17) is 4.74 Å². The molecule has 3 rings (SSSR count). The molecule has 26 heavy (non-hydrogen) atoms. The van der Waals surface area contributed by atoms with Gasteiger partial charge in [0.1, 0.15) is 5.75 Å². The van der Waals surface area contributed by atoms with Gasteiger partial charge in [-0.05, 0) is 81.8 Å². The summed E-state index contributed by atoms with van der Waals surface area (Å²) in [6.45, 7) is 8.02. The van der Waals surface area contributed by atoms with Crippen LogP contribution < -0.4 is 4.74 Å². The highest BCUT2D eigenvalue weighted by Crippen LogP contribution is 2.27. The third-order valence-electron chi connectivity index (χ3n) is 6.02. The van der Waals surface area contributed by atoms with Crippen LogP contribution in [0.4, 0.5) is 0 Å². The van der Waals surface area contributed by atoms with Gasteiger partial charge in [-0.1, -0.05) is 0 Å². The Kier molecular flexibility index (Phi) is 6.20. The minimum absolute atomic E-state index is 0.133. The van der Waals surface area contributed by atoms with Crippen molar-refractivity contribution in [1.82, 2.24) is 9.80 Å². The number of aryl methyl sites for hydroxylation is 2. The van der Waals surface area contributed by atoms with Gasteiger partial charge >= 0.3 is 0 Å². The SMILES string of the molecule is COc1c(C)cc(C(=O)N2CCC[C@H](N3CCC(CO)CC3)C2)cc1C. The number of aliphatic hydroxyl groups is 1. The van der Waals surface area contributed by atoms with E-state index in [-0.39, 0.29) is 5.91 Å². The van der Waals surface area contributed by atoms with Gasteiger partial charge in [-0.2, -0.15) is 0 Å². The number of hydrogen-bond acceptors (Lipinski definition) is 4. The van der Waals surface area contributed by atoms with E-state index in [2.05, 4.69) is 4.90 Å². The first kappa shape index (κ1) is 19.2. The van der Waals surface area contributed by atoms with Gasteiger partial charge in [0.15, 0.2) is 0 Å². The van der Waals surface area contributed by atoms with Crippen molar-refractivity contribution in [3.05, 3.63) is 28.8 Å². The Morgan fingerprint density at radius 1 is 1.15 bits per heavy atom. The summed E-state index contributed by atoms with van der Waals surface area (Å²) >= 11 is 0. The van der Waals surface area contributed by atoms with E-state index in [1.54, 1.807) is 7.11 Å². The number of rotatable bonds is 4. The number of aliphatic hydroxyl groups excluding tert-OH is 1. The lowest BCUT2D eigenvalue weighted by Gasteiger charge is -2.42. The molecule has 0 saturated carbocycles. The molecule has 0 aliphatic carbocycles. The zero-order valence-corrected chi connectivity index (χ0v) is 16.3. The number of nitrogens with zero attached hydrogens (tertiary/aromatic N) is 2. The highest BCUT2D eigenvalue weighted by atomic mass is 16.5. The Hall–Kier alpha value is -1.59. The molecule has 2 saturated heterocycles. The molecule has 0 aromatic heterocycles. The molecule has 1 atom stereocenters. The first-order chi connectivity index (χ1) is 12.5. The number of carbonyl (C=O) groups is 1. The molecule has 2 heterocycles. The molecule has 1 aromatic rings. The van der Waals surface area contributed by atoms with Gasteiger partial charge in [0, 0.05) is 31.3 Å². The summed E-state index contributed by atoms with van der Waals surface area (Å²) < 4.78 is 5.42. The van der Waals surface area contributed by atoms with Crippen LogP contribution in [-0.4, -0.2) is 66.8 Å². The van der Waals surface area contributed by atoms with E-state index in [1.807, 2.05) is 30.9 Å². The molecule has 2 aliphatic rings. The largest absolute Gasteiger partial charge is 0.496 e. The number of carbonyl (C=O) groups excluding carboxylic acids is 1. The number of likely N-dealkylation sites (tertiary alicyclic amines) is 2. The first-order valence-corrected chi connectivity index (χ1v) is 9.83. The highest BCUT2D eigenvalue weighted by Gasteiger charge is 2.31. The molecule has 5 heteroatoms. The van der Waals surface area contributed by atoms with Crippen LogP contribution >= 0.6 is 0 Å². The number of hydrogen-bond donors (Lipinski definition) is 1. The van der Waals surface area contributed by atoms with Crippen molar-refractivity contribution in [2.75, 3.05) is 39.9 Å². The van der Waals surface area contributed by atoms with Crippen LogP contribution in [0.15, 0.2) is 12.1 Å². The maximum absolute atomic E-state index is 13.1. The van der Waals surface area contributed by atoms with Crippen molar-refractivity contribution < 1.29 is 14.6 Å². The molecule has 144 valence electrons. The molecular weight excluding hydrogens is 328 g/mol. The molecule has 1 aromatic carbocycles. The third-order valence-corrected chi connectivity index (χ3v) is 6.02. The minimum Gasteiger partial charge on any atom is -0.496 e. The van der Waals surface area contributed by atoms with Gasteiger partial charge in [0.2, 0.25) is 0 Å². The smallest absolute Gasteiger partial charge is 0.253 e. The van der Waals surface area contributed by atoms with Gasteiger partial charge in [0.25, 0.3) is 5.91 Å². The molecule has 0 bridgehead atoms. The Balaban J connectivity index is 1.67. The Morgan fingerprint density at radius 2 is 1.81 bits per heavy atom. The van der Waals surface area contributed by atoms with Crippen LogP contribution in [0.5, 0.6) is 5.75 Å². The molecule has 1 amide bonds. The number of amides is 1. The molecule has 1 N–H and O–H groups in total. The van der Waals surface area contributed by atoms with Gasteiger partial charge in [-0.25, -0.2) is 0 Å². The summed E-state index contributed by atoms with van der Waals surface area (Å²) in [5.74, 6) is 1.46. The monoisotopic (exact) mass is 360 g/mol. The van der Waals surface area contributed by atoms with E-state index >= 15 is 0 Å². The van der Waals surface area contributed by atoms with Crippen molar-refractivity contribution in [3.63, 3.8) is 0 Å². The van der Waals surface area contributed by atoms with Crippen LogP contribution in [0.25, 0.3) is 0 Å². The van der Waals surface area contributed by atoms with Crippen LogP contribution in [0.1, 0.15) is 47.2 Å². The molecule has 2 fully saturated rings. The predicted octanol–water partition coefficient (Wildman–Crippen LogP) is 2.62. The molecule has 0 unspecified atom stereocenters. The Labute approximate surface area is 156 Å². The normalized spacial score (nSPS) is 22.5. The van der Waals surface area contributed by atoms with Crippen molar-refractivity contribution in [3.8, 4) is 5.75 Å². The molecule has 2 aliphatic heterocycles. The fourth-order valence-corrected chi connectivity index (χ4v) is 4.52. The molecule has 5 nitrogen and oxygen atoms in total. The summed E-state index contributed by atoms with van der Waals surface area (Å²) in [6.07, 6.45) is 4.36. The van der Waals surface area contributed by atoms with E-state index in [9.17, 15) is 9.90 Å². The van der Waals surface area contributed by atoms with Crippen molar-refractivity contribution in [2.24, 2.45) is 5.92 Å². The first-order valence-electron chi connectivity index (χ1n) is 9.83. The van der Waals surface area contributed by atoms with Gasteiger partial charge in [0.05, 0.1) is 7.11 Å². The average Bonchev–Trinajstić information content (AvgIpc) is 2.67. The molecule has 0 radical (unpaired) electrons. The van der Waals surface area contributed by atoms with Crippen molar-refractivity contribution in [2.45, 2.75) is 45.6 Å². The van der Waals surface area contributed by atoms with Gasteiger partial charge in [-0.3, -0.25) is 9.69 Å². The third kappa shape index (κ3) is 4.04. The number of methoxy groups -OCH3 is 1. The highest BCUT2D eigenvalue weighted by molar-refractivity contribution is 5.95. The van der Waals surface area contributed by atoms with Crippen molar-refractivity contribution in [1.29, 1.82) is 0 Å². The van der Waals surface area contributed by atoms with Crippen LogP contribution in [0.3, 0.4) is 0 Å². The maximum atomic E-state index is 13.1. The zero-order valence-electron chi connectivity index (χ0n) is 16.3. The van der Waals surface area contributed by atoms with Crippen LogP contribution in [0, 0.1) is 19.8 Å². The lowest BCUT2D eigenvalue weighted by atomic mass is 9.94. The molecule has 0 spiro atoms. The second-order valence-corrected chi connectivity index (χ2v) is 7.85. The van der Waals surface area contributed by atoms with E-state index in [0.29, 0.717) is 18.6 Å². The van der Waals surface area contributed by atoms with E-state index in [0.717, 1.165) is 74.3 Å². The Bertz CT molecular complexity index is 615. The summed E-state index contributed by atoms with van der Waals surface area (Å²) in [6, 6.07) is 4.35. The zero-order chi connectivity index (χ0) is 18.7. The quantitative estimate of drug-likeness (QED) is 0.897. The summed E-state index contributed by atoms with van der Waals surface area (Å²) in [4.78, 5) is 17.6. The van der Waals surface area contributed by atoms with E-state index in [1.165, 1.54) is 0 Å². The predicted molar refractivity (Wildman–Crippen MR) is 103 cm³/mol. The van der Waals surface area contributed by atoms with E-state index < -0.39 is 0 Å². The fraction of sp³-hybridized carbons (Fsp3) is 0.667. The summed E-state index contributed by atoms with van der Waals surface area (Å²) in [7, 11) is 1.67. The molecular formula is C21H32N2O3. The lowest BCUT2D eigenvalue weighted by molar-refractivity contribution is 0.0446. The van der Waals surface area contributed by atoms with Crippen LogP contribution in [0.2, 0.25) is 0 Å². The fourth-order valence-electron chi connectivity index (χ4n) is 4.52. The maximum Gasteiger partial charge on any atom is 0.253 e. The second kappa shape index (κ2) is 8.40. The van der Waals surface area contributed by atoms with Gasteiger partial charge in [-0.15, -0.1) is 0 Å². The number of piperidine rings is 2. The number of benzene rings is 1. The lowest BCUT2D eigenvalue weighted by Crippen LogP contribution is -2.52.